The Balaban J connectivity index is 1.68. The number of rotatable bonds is 8. The highest BCUT2D eigenvalue weighted by Crippen LogP contribution is 2.41. The number of benzene rings is 1. The molecule has 0 unspecified atom stereocenters. The maximum Gasteiger partial charge on any atom is 0.306 e. The summed E-state index contributed by atoms with van der Waals surface area (Å²) >= 11 is 1.67. The fourth-order valence-corrected chi connectivity index (χ4v) is 4.80. The van der Waals surface area contributed by atoms with Crippen molar-refractivity contribution in [1.29, 1.82) is 0 Å². The normalized spacial score (nSPS) is 21.4. The molecule has 1 fully saturated rings. The van der Waals surface area contributed by atoms with Gasteiger partial charge >= 0.3 is 5.97 Å². The fourth-order valence-electron chi connectivity index (χ4n) is 4.02. The summed E-state index contributed by atoms with van der Waals surface area (Å²) in [5, 5.41) is 7.37. The smallest absolute Gasteiger partial charge is 0.306 e. The van der Waals surface area contributed by atoms with Gasteiger partial charge in [0.05, 0.1) is 12.7 Å². The van der Waals surface area contributed by atoms with E-state index in [1.807, 2.05) is 19.1 Å². The summed E-state index contributed by atoms with van der Waals surface area (Å²) in [6.07, 6.45) is 4.64. The maximum atomic E-state index is 12.8. The number of esters is 1. The Morgan fingerprint density at radius 2 is 1.97 bits per heavy atom. The Kier molecular flexibility index (Phi) is 7.31. The first-order valence-electron chi connectivity index (χ1n) is 10.2. The number of methoxy groups -OCH3 is 1. The number of para-hydroxylation sites is 1. The van der Waals surface area contributed by atoms with Crippen molar-refractivity contribution < 1.29 is 19.1 Å². The van der Waals surface area contributed by atoms with Gasteiger partial charge in [-0.05, 0) is 66.6 Å². The second kappa shape index (κ2) is 9.92. The van der Waals surface area contributed by atoms with Gasteiger partial charge in [0.15, 0.2) is 0 Å². The molecular formula is C23H29NO4S. The maximum absolute atomic E-state index is 12.8. The van der Waals surface area contributed by atoms with Crippen molar-refractivity contribution in [3.63, 3.8) is 0 Å². The second-order valence-electron chi connectivity index (χ2n) is 7.61. The molecule has 6 heteroatoms. The highest BCUT2D eigenvalue weighted by molar-refractivity contribution is 7.08. The molecule has 0 radical (unpaired) electrons. The number of hydrogen-bond acceptors (Lipinski definition) is 5. The van der Waals surface area contributed by atoms with E-state index in [1.165, 1.54) is 5.56 Å². The first-order chi connectivity index (χ1) is 14.1. The van der Waals surface area contributed by atoms with Crippen LogP contribution in [0, 0.1) is 0 Å². The van der Waals surface area contributed by atoms with Gasteiger partial charge in [-0.3, -0.25) is 9.59 Å². The van der Waals surface area contributed by atoms with Gasteiger partial charge in [-0.2, -0.15) is 11.3 Å². The largest absolute Gasteiger partial charge is 0.496 e. The van der Waals surface area contributed by atoms with Crippen molar-refractivity contribution in [3.05, 3.63) is 52.2 Å². The van der Waals surface area contributed by atoms with Gasteiger partial charge in [-0.15, -0.1) is 0 Å². The van der Waals surface area contributed by atoms with Crippen LogP contribution in [0.4, 0.5) is 0 Å². The number of thiophene rings is 1. The van der Waals surface area contributed by atoms with Crippen molar-refractivity contribution in [2.45, 2.75) is 57.0 Å². The van der Waals surface area contributed by atoms with Gasteiger partial charge in [-0.25, -0.2) is 0 Å². The fraction of sp³-hybridized carbons (Fsp3) is 0.478. The summed E-state index contributed by atoms with van der Waals surface area (Å²) in [7, 11) is 1.57. The number of carbonyl (C=O) groups excluding carboxylic acids is 2. The Morgan fingerprint density at radius 3 is 2.62 bits per heavy atom. The highest BCUT2D eigenvalue weighted by Gasteiger charge is 2.38. The molecule has 1 aliphatic carbocycles. The van der Waals surface area contributed by atoms with E-state index in [4.69, 9.17) is 9.47 Å². The Bertz CT molecular complexity index is 810. The molecule has 1 aliphatic rings. The highest BCUT2D eigenvalue weighted by atomic mass is 32.1. The van der Waals surface area contributed by atoms with Crippen molar-refractivity contribution >= 4 is 23.2 Å². The van der Waals surface area contributed by atoms with Crippen LogP contribution >= 0.6 is 11.3 Å². The van der Waals surface area contributed by atoms with Gasteiger partial charge in [0.2, 0.25) is 0 Å². The molecule has 5 nitrogen and oxygen atoms in total. The third-order valence-corrected chi connectivity index (χ3v) is 6.40. The minimum absolute atomic E-state index is 0.0225. The molecule has 0 spiro atoms. The van der Waals surface area contributed by atoms with Crippen molar-refractivity contribution in [3.8, 4) is 5.75 Å². The van der Waals surface area contributed by atoms with Crippen molar-refractivity contribution in [1.82, 2.24) is 5.32 Å². The average molecular weight is 416 g/mol. The molecule has 0 aliphatic heterocycles. The molecule has 1 heterocycles. The zero-order chi connectivity index (χ0) is 20.7. The molecule has 1 N–H and O–H groups in total. The standard InChI is InChI=1S/C23H29NO4S/c1-3-6-21(25)28-18-9-12-23(13-10-18,17-11-14-29-15-17)16-24-22(26)19-7-4-5-8-20(19)27-2/h4-5,7-8,11,14-15,18H,3,6,9-10,12-13,16H2,1-2H3,(H,24,26)/t18-,23+. The van der Waals surface area contributed by atoms with Crippen LogP contribution in [0.2, 0.25) is 0 Å². The summed E-state index contributed by atoms with van der Waals surface area (Å²) in [5.74, 6) is 0.333. The Labute approximate surface area is 176 Å². The SMILES string of the molecule is CCCC(=O)O[C@H]1CC[C@@](CNC(=O)c2ccccc2OC)(c2ccsc2)CC1. The number of ether oxygens (including phenoxy) is 2. The molecule has 3 rings (SSSR count). The van der Waals surface area contributed by atoms with Crippen LogP contribution in [0.15, 0.2) is 41.1 Å². The first kappa shape index (κ1) is 21.4. The van der Waals surface area contributed by atoms with Crippen molar-refractivity contribution in [2.24, 2.45) is 0 Å². The first-order valence-corrected chi connectivity index (χ1v) is 11.2. The van der Waals surface area contributed by atoms with E-state index in [1.54, 1.807) is 30.6 Å². The predicted octanol–water partition coefficient (Wildman–Crippen LogP) is 4.71. The molecule has 2 aromatic rings. The van der Waals surface area contributed by atoms with E-state index in [9.17, 15) is 9.59 Å². The number of hydrogen-bond donors (Lipinski definition) is 1. The zero-order valence-electron chi connectivity index (χ0n) is 17.1. The lowest BCUT2D eigenvalue weighted by atomic mass is 9.69. The molecular weight excluding hydrogens is 386 g/mol. The van der Waals surface area contributed by atoms with Gasteiger partial charge in [0, 0.05) is 18.4 Å². The van der Waals surface area contributed by atoms with Gasteiger partial charge in [-0.1, -0.05) is 19.1 Å². The zero-order valence-corrected chi connectivity index (χ0v) is 17.9. The van der Waals surface area contributed by atoms with E-state index in [0.717, 1.165) is 32.1 Å². The summed E-state index contributed by atoms with van der Waals surface area (Å²) < 4.78 is 10.9. The predicted molar refractivity (Wildman–Crippen MR) is 115 cm³/mol. The number of nitrogens with one attached hydrogen (secondary N) is 1. The molecule has 0 atom stereocenters. The Hall–Kier alpha value is -2.34. The molecule has 1 aromatic heterocycles. The van der Waals surface area contributed by atoms with Crippen LogP contribution in [0.5, 0.6) is 5.75 Å². The summed E-state index contributed by atoms with van der Waals surface area (Å²) in [4.78, 5) is 24.6. The quantitative estimate of drug-likeness (QED) is 0.634. The second-order valence-corrected chi connectivity index (χ2v) is 8.39. The van der Waals surface area contributed by atoms with Gasteiger partial charge in [0.25, 0.3) is 5.91 Å². The molecule has 156 valence electrons. The molecule has 29 heavy (non-hydrogen) atoms. The number of amides is 1. The summed E-state index contributed by atoms with van der Waals surface area (Å²) in [5.41, 5.74) is 1.66. The third-order valence-electron chi connectivity index (χ3n) is 5.71. The lowest BCUT2D eigenvalue weighted by molar-refractivity contribution is -0.151. The van der Waals surface area contributed by atoms with E-state index >= 15 is 0 Å². The van der Waals surface area contributed by atoms with E-state index < -0.39 is 0 Å². The number of carbonyl (C=O) groups is 2. The minimum Gasteiger partial charge on any atom is -0.496 e. The van der Waals surface area contributed by atoms with Gasteiger partial charge < -0.3 is 14.8 Å². The molecule has 1 amide bonds. The lowest BCUT2D eigenvalue weighted by Gasteiger charge is -2.40. The van der Waals surface area contributed by atoms with Crippen LogP contribution in [0.1, 0.15) is 61.4 Å². The van der Waals surface area contributed by atoms with E-state index in [0.29, 0.717) is 24.3 Å². The van der Waals surface area contributed by atoms with E-state index in [2.05, 4.69) is 22.1 Å². The molecule has 0 saturated heterocycles. The van der Waals surface area contributed by atoms with Crippen LogP contribution in [0.25, 0.3) is 0 Å². The molecule has 1 saturated carbocycles. The van der Waals surface area contributed by atoms with Crippen LogP contribution in [-0.2, 0) is 14.9 Å². The molecule has 1 aromatic carbocycles. The van der Waals surface area contributed by atoms with Crippen molar-refractivity contribution in [2.75, 3.05) is 13.7 Å². The van der Waals surface area contributed by atoms with E-state index in [-0.39, 0.29) is 23.4 Å². The summed E-state index contributed by atoms with van der Waals surface area (Å²) in [6.45, 7) is 2.53. The van der Waals surface area contributed by atoms with Gasteiger partial charge in [0.1, 0.15) is 11.9 Å². The third kappa shape index (κ3) is 5.18. The minimum atomic E-state index is -0.134. The topological polar surface area (TPSA) is 64.6 Å². The summed E-state index contributed by atoms with van der Waals surface area (Å²) in [6, 6.07) is 9.39. The van der Waals surface area contributed by atoms with Crippen LogP contribution in [-0.4, -0.2) is 31.6 Å². The van der Waals surface area contributed by atoms with Crippen LogP contribution in [0.3, 0.4) is 0 Å². The lowest BCUT2D eigenvalue weighted by Crippen LogP contribution is -2.44. The Morgan fingerprint density at radius 1 is 1.21 bits per heavy atom. The monoisotopic (exact) mass is 415 g/mol. The molecule has 0 bridgehead atoms. The van der Waals surface area contributed by atoms with Crippen LogP contribution < -0.4 is 10.1 Å². The average Bonchev–Trinajstić information content (AvgIpc) is 3.29.